The van der Waals surface area contributed by atoms with E-state index in [9.17, 15) is 4.79 Å². The van der Waals surface area contributed by atoms with Crippen LogP contribution in [0.1, 0.15) is 20.8 Å². The molecule has 0 aromatic carbocycles. The molecule has 1 amide bonds. The number of hydrogen-bond donors (Lipinski definition) is 2. The van der Waals surface area contributed by atoms with Crippen LogP contribution in [0.2, 0.25) is 0 Å². The number of carbonyl (C=O) groups is 1. The van der Waals surface area contributed by atoms with Gasteiger partial charge in [-0.2, -0.15) is 0 Å². The first-order chi connectivity index (χ1) is 5.95. The maximum absolute atomic E-state index is 11.0. The molecular formula is C8H18N2O3. The normalized spacial score (nSPS) is 11.1. The summed E-state index contributed by atoms with van der Waals surface area (Å²) in [5.41, 5.74) is 4.58. The third kappa shape index (κ3) is 9.10. The minimum absolute atomic E-state index is 0.465. The van der Waals surface area contributed by atoms with Crippen molar-refractivity contribution >= 4 is 6.09 Å². The van der Waals surface area contributed by atoms with E-state index in [4.69, 9.17) is 9.47 Å². The van der Waals surface area contributed by atoms with Crippen molar-refractivity contribution in [3.05, 3.63) is 0 Å². The van der Waals surface area contributed by atoms with Gasteiger partial charge in [-0.3, -0.25) is 5.43 Å². The van der Waals surface area contributed by atoms with Crippen LogP contribution in [-0.4, -0.2) is 32.0 Å². The van der Waals surface area contributed by atoms with Gasteiger partial charge in [0.1, 0.15) is 5.60 Å². The summed E-state index contributed by atoms with van der Waals surface area (Å²) >= 11 is 0. The zero-order valence-corrected chi connectivity index (χ0v) is 8.64. The molecule has 0 heterocycles. The number of methoxy groups -OCH3 is 1. The molecule has 5 nitrogen and oxygen atoms in total. The highest BCUT2D eigenvalue weighted by atomic mass is 16.6. The van der Waals surface area contributed by atoms with Gasteiger partial charge in [-0.1, -0.05) is 0 Å². The lowest BCUT2D eigenvalue weighted by molar-refractivity contribution is 0.0492. The number of hydrogen-bond acceptors (Lipinski definition) is 4. The first-order valence-electron chi connectivity index (χ1n) is 4.16. The topological polar surface area (TPSA) is 59.6 Å². The molecule has 0 aliphatic carbocycles. The second-order valence-electron chi connectivity index (χ2n) is 3.55. The first-order valence-corrected chi connectivity index (χ1v) is 4.16. The van der Waals surface area contributed by atoms with Crippen LogP contribution in [0.3, 0.4) is 0 Å². The summed E-state index contributed by atoms with van der Waals surface area (Å²) in [6, 6.07) is 0. The second-order valence-corrected chi connectivity index (χ2v) is 3.55. The molecule has 0 fully saturated rings. The van der Waals surface area contributed by atoms with Crippen molar-refractivity contribution in [1.29, 1.82) is 0 Å². The molecule has 5 heteroatoms. The van der Waals surface area contributed by atoms with Crippen LogP contribution in [0, 0.1) is 0 Å². The number of hydrazine groups is 1. The molecule has 0 unspecified atom stereocenters. The quantitative estimate of drug-likeness (QED) is 0.505. The Kier molecular flexibility index (Phi) is 5.41. The summed E-state index contributed by atoms with van der Waals surface area (Å²) in [6.45, 7) is 6.51. The van der Waals surface area contributed by atoms with Crippen molar-refractivity contribution in [2.75, 3.05) is 20.3 Å². The van der Waals surface area contributed by atoms with Crippen LogP contribution in [0.4, 0.5) is 4.79 Å². The number of ether oxygens (including phenoxy) is 2. The average molecular weight is 190 g/mol. The molecule has 0 saturated heterocycles. The Morgan fingerprint density at radius 1 is 1.38 bits per heavy atom. The predicted octanol–water partition coefficient (Wildman–Crippen LogP) is 0.662. The van der Waals surface area contributed by atoms with Gasteiger partial charge >= 0.3 is 6.09 Å². The highest BCUT2D eigenvalue weighted by Crippen LogP contribution is 2.05. The zero-order chi connectivity index (χ0) is 10.3. The van der Waals surface area contributed by atoms with E-state index in [1.54, 1.807) is 7.11 Å². The highest BCUT2D eigenvalue weighted by molar-refractivity contribution is 5.66. The van der Waals surface area contributed by atoms with E-state index in [0.29, 0.717) is 13.2 Å². The minimum atomic E-state index is -0.483. The Bertz CT molecular complexity index is 154. The van der Waals surface area contributed by atoms with Gasteiger partial charge in [0.25, 0.3) is 0 Å². The van der Waals surface area contributed by atoms with Gasteiger partial charge in [0, 0.05) is 13.7 Å². The zero-order valence-electron chi connectivity index (χ0n) is 8.64. The Labute approximate surface area is 78.8 Å². The van der Waals surface area contributed by atoms with Gasteiger partial charge in [-0.25, -0.2) is 10.2 Å². The third-order valence-corrected chi connectivity index (χ3v) is 1.02. The Morgan fingerprint density at radius 2 is 2.00 bits per heavy atom. The number of nitrogens with one attached hydrogen (secondary N) is 2. The molecule has 0 aliphatic heterocycles. The molecule has 0 rings (SSSR count). The average Bonchev–Trinajstić information content (AvgIpc) is 1.94. The molecule has 0 aliphatic rings. The lowest BCUT2D eigenvalue weighted by Crippen LogP contribution is -2.42. The molecule has 0 aromatic heterocycles. The van der Waals surface area contributed by atoms with Crippen molar-refractivity contribution in [1.82, 2.24) is 10.9 Å². The van der Waals surface area contributed by atoms with Gasteiger partial charge in [0.05, 0.1) is 6.61 Å². The molecule has 0 radical (unpaired) electrons. The molecule has 0 spiro atoms. The maximum atomic E-state index is 11.0. The van der Waals surface area contributed by atoms with Crippen molar-refractivity contribution in [2.45, 2.75) is 26.4 Å². The van der Waals surface area contributed by atoms with Crippen LogP contribution in [-0.2, 0) is 9.47 Å². The van der Waals surface area contributed by atoms with E-state index in [-0.39, 0.29) is 0 Å². The largest absolute Gasteiger partial charge is 0.443 e. The van der Waals surface area contributed by atoms with Crippen LogP contribution in [0.15, 0.2) is 0 Å². The van der Waals surface area contributed by atoms with Crippen LogP contribution in [0.25, 0.3) is 0 Å². The van der Waals surface area contributed by atoms with Crippen molar-refractivity contribution < 1.29 is 14.3 Å². The Morgan fingerprint density at radius 3 is 2.46 bits per heavy atom. The lowest BCUT2D eigenvalue weighted by Gasteiger charge is -2.19. The van der Waals surface area contributed by atoms with E-state index >= 15 is 0 Å². The molecule has 0 bridgehead atoms. The van der Waals surface area contributed by atoms with Gasteiger partial charge in [-0.05, 0) is 20.8 Å². The van der Waals surface area contributed by atoms with E-state index in [0.717, 1.165) is 0 Å². The van der Waals surface area contributed by atoms with Crippen LogP contribution >= 0.6 is 0 Å². The molecule has 0 aromatic rings. The molecular weight excluding hydrogens is 172 g/mol. The molecule has 13 heavy (non-hydrogen) atoms. The Balaban J connectivity index is 3.41. The summed E-state index contributed by atoms with van der Waals surface area (Å²) < 4.78 is 9.73. The van der Waals surface area contributed by atoms with E-state index in [2.05, 4.69) is 10.9 Å². The van der Waals surface area contributed by atoms with Crippen LogP contribution in [0.5, 0.6) is 0 Å². The smallest absolute Gasteiger partial charge is 0.422 e. The monoisotopic (exact) mass is 190 g/mol. The summed E-state index contributed by atoms with van der Waals surface area (Å²) in [4.78, 5) is 11.0. The maximum Gasteiger partial charge on any atom is 0.422 e. The molecule has 0 atom stereocenters. The van der Waals surface area contributed by atoms with E-state index in [1.165, 1.54) is 0 Å². The van der Waals surface area contributed by atoms with Gasteiger partial charge < -0.3 is 9.47 Å². The standard InChI is InChI=1S/C8H18N2O3/c1-8(2,3)13-7(11)10-9-5-6-12-4/h9H,5-6H2,1-4H3,(H,10,11). The van der Waals surface area contributed by atoms with Crippen molar-refractivity contribution in [3.63, 3.8) is 0 Å². The van der Waals surface area contributed by atoms with E-state index < -0.39 is 11.7 Å². The summed E-state index contributed by atoms with van der Waals surface area (Å²) in [6.07, 6.45) is -0.483. The minimum Gasteiger partial charge on any atom is -0.443 e. The summed E-state index contributed by atoms with van der Waals surface area (Å²) in [5.74, 6) is 0. The fourth-order valence-corrected chi connectivity index (χ4v) is 0.591. The molecule has 78 valence electrons. The summed E-state index contributed by atoms with van der Waals surface area (Å²) in [7, 11) is 1.59. The van der Waals surface area contributed by atoms with Crippen molar-refractivity contribution in [3.8, 4) is 0 Å². The molecule has 2 N–H and O–H groups in total. The van der Waals surface area contributed by atoms with Crippen molar-refractivity contribution in [2.24, 2.45) is 0 Å². The fourth-order valence-electron chi connectivity index (χ4n) is 0.591. The first kappa shape index (κ1) is 12.2. The van der Waals surface area contributed by atoms with Gasteiger partial charge in [-0.15, -0.1) is 0 Å². The number of carbonyl (C=O) groups excluding carboxylic acids is 1. The Hall–Kier alpha value is -0.810. The van der Waals surface area contributed by atoms with Gasteiger partial charge in [0.2, 0.25) is 0 Å². The molecule has 0 saturated carbocycles. The summed E-state index contributed by atoms with van der Waals surface area (Å²) in [5, 5.41) is 0. The second kappa shape index (κ2) is 5.77. The predicted molar refractivity (Wildman–Crippen MR) is 49.2 cm³/mol. The third-order valence-electron chi connectivity index (χ3n) is 1.02. The fraction of sp³-hybridized carbons (Fsp3) is 0.875. The highest BCUT2D eigenvalue weighted by Gasteiger charge is 2.15. The van der Waals surface area contributed by atoms with Gasteiger partial charge in [0.15, 0.2) is 0 Å². The number of rotatable bonds is 4. The van der Waals surface area contributed by atoms with Crippen LogP contribution < -0.4 is 10.9 Å². The lowest BCUT2D eigenvalue weighted by atomic mass is 10.2. The SMILES string of the molecule is COCCNNC(=O)OC(C)(C)C. The number of amides is 1. The van der Waals surface area contributed by atoms with E-state index in [1.807, 2.05) is 20.8 Å².